The first-order chi connectivity index (χ1) is 46.8. The van der Waals surface area contributed by atoms with Crippen LogP contribution in [0.3, 0.4) is 0 Å². The Balaban J connectivity index is 2.17. The molecular weight excluding hydrogens is 1170 g/mol. The molecule has 1 fully saturated rings. The van der Waals surface area contributed by atoms with Crippen LogP contribution in [-0.4, -0.2) is 87.5 Å². The molecule has 7 unspecified atom stereocenters. The van der Waals surface area contributed by atoms with Gasteiger partial charge in [-0.1, -0.05) is 364 Å². The minimum atomic E-state index is -1.59. The fourth-order valence-electron chi connectivity index (χ4n) is 11.6. The van der Waals surface area contributed by atoms with Crippen molar-refractivity contribution in [3.63, 3.8) is 0 Å². The van der Waals surface area contributed by atoms with Crippen molar-refractivity contribution in [3.05, 3.63) is 158 Å². The van der Waals surface area contributed by atoms with Crippen molar-refractivity contribution in [2.45, 2.75) is 365 Å². The molecule has 0 aromatic carbocycles. The molecule has 0 bridgehead atoms. The number of carbonyl (C=O) groups excluding carboxylic acids is 1. The fourth-order valence-corrected chi connectivity index (χ4v) is 11.6. The van der Waals surface area contributed by atoms with Crippen LogP contribution in [-0.2, 0) is 14.3 Å². The minimum absolute atomic E-state index is 0.215. The molecule has 9 heteroatoms. The molecule has 542 valence electrons. The molecule has 0 saturated carbocycles. The summed E-state index contributed by atoms with van der Waals surface area (Å²) in [6.07, 6.45) is 107. The van der Waals surface area contributed by atoms with E-state index in [0.29, 0.717) is 6.42 Å². The van der Waals surface area contributed by atoms with Gasteiger partial charge in [0.15, 0.2) is 6.29 Å². The molecular formula is C86H145NO8. The second-order valence-electron chi connectivity index (χ2n) is 26.4. The number of nitrogens with one attached hydrogen (secondary N) is 1. The zero-order chi connectivity index (χ0) is 68.5. The summed E-state index contributed by atoms with van der Waals surface area (Å²) < 4.78 is 11.3. The summed E-state index contributed by atoms with van der Waals surface area (Å²) in [4.78, 5) is 13.1. The quantitative estimate of drug-likeness (QED) is 0.0261. The number of hydrogen-bond acceptors (Lipinski definition) is 8. The van der Waals surface area contributed by atoms with Gasteiger partial charge in [0.2, 0.25) is 5.91 Å². The van der Waals surface area contributed by atoms with Gasteiger partial charge in [0.05, 0.1) is 25.4 Å². The molecule has 0 radical (unpaired) electrons. The third-order valence-corrected chi connectivity index (χ3v) is 17.6. The van der Waals surface area contributed by atoms with Gasteiger partial charge < -0.3 is 40.3 Å². The van der Waals surface area contributed by atoms with Gasteiger partial charge in [-0.25, -0.2) is 0 Å². The van der Waals surface area contributed by atoms with Crippen LogP contribution in [0.25, 0.3) is 0 Å². The Morgan fingerprint density at radius 3 is 0.968 bits per heavy atom. The van der Waals surface area contributed by atoms with Gasteiger partial charge in [0, 0.05) is 6.42 Å². The molecule has 9 nitrogen and oxygen atoms in total. The number of carbonyl (C=O) groups is 1. The van der Waals surface area contributed by atoms with Crippen LogP contribution in [0.2, 0.25) is 0 Å². The number of hydrogen-bond donors (Lipinski definition) is 6. The lowest BCUT2D eigenvalue weighted by atomic mass is 9.99. The SMILES string of the molecule is CC/C=C\C/C=C\C/C=C\C/C=C\C/C=C\C/C=C\C/C=C\C/C=C\C/C=C\C/C=C\C/C=C\C/C=C\CCCCC(=O)NC(COC1OC(CO)C(O)C(O)C1O)C(O)/C=C/CCCCCCCCCCCCCCCCCCCCCCCCCCCCCCCCC. The van der Waals surface area contributed by atoms with Crippen LogP contribution < -0.4 is 5.32 Å². The number of unbranched alkanes of at least 4 members (excludes halogenated alkanes) is 33. The molecule has 7 atom stereocenters. The van der Waals surface area contributed by atoms with Crippen molar-refractivity contribution >= 4 is 5.91 Å². The van der Waals surface area contributed by atoms with Gasteiger partial charge in [-0.2, -0.15) is 0 Å². The molecule has 0 aromatic heterocycles. The zero-order valence-electron chi connectivity index (χ0n) is 60.9. The highest BCUT2D eigenvalue weighted by Crippen LogP contribution is 2.23. The number of ether oxygens (including phenoxy) is 2. The van der Waals surface area contributed by atoms with Crippen molar-refractivity contribution in [1.29, 1.82) is 0 Å². The monoisotopic (exact) mass is 1320 g/mol. The Morgan fingerprint density at radius 1 is 0.368 bits per heavy atom. The highest BCUT2D eigenvalue weighted by Gasteiger charge is 2.44. The average molecular weight is 1320 g/mol. The summed E-state index contributed by atoms with van der Waals surface area (Å²) in [5.74, 6) is -0.222. The Hall–Kier alpha value is -4.19. The van der Waals surface area contributed by atoms with E-state index in [1.165, 1.54) is 186 Å². The summed E-state index contributed by atoms with van der Waals surface area (Å²) in [6.45, 7) is 3.67. The maximum absolute atomic E-state index is 13.1. The third kappa shape index (κ3) is 60.7. The molecule has 1 saturated heterocycles. The molecule has 1 heterocycles. The number of aliphatic hydroxyl groups is 5. The highest BCUT2D eigenvalue weighted by molar-refractivity contribution is 5.76. The van der Waals surface area contributed by atoms with Gasteiger partial charge in [0.25, 0.3) is 0 Å². The van der Waals surface area contributed by atoms with Gasteiger partial charge in [-0.05, 0) is 109 Å². The van der Waals surface area contributed by atoms with E-state index in [9.17, 15) is 30.3 Å². The summed E-state index contributed by atoms with van der Waals surface area (Å²) in [6, 6.07) is -0.843. The Morgan fingerprint density at radius 2 is 0.653 bits per heavy atom. The van der Waals surface area contributed by atoms with Gasteiger partial charge >= 0.3 is 0 Å². The zero-order valence-corrected chi connectivity index (χ0v) is 60.9. The maximum atomic E-state index is 13.1. The van der Waals surface area contributed by atoms with E-state index in [0.717, 1.165) is 109 Å². The lowest BCUT2D eigenvalue weighted by Gasteiger charge is -2.40. The van der Waals surface area contributed by atoms with Crippen molar-refractivity contribution < 1.29 is 39.8 Å². The number of aliphatic hydroxyl groups excluding tert-OH is 5. The van der Waals surface area contributed by atoms with E-state index < -0.39 is 49.5 Å². The van der Waals surface area contributed by atoms with Crippen molar-refractivity contribution in [2.24, 2.45) is 0 Å². The average Bonchev–Trinajstić information content (AvgIpc) is 0.836. The number of allylic oxidation sites excluding steroid dienone is 25. The maximum Gasteiger partial charge on any atom is 0.220 e. The van der Waals surface area contributed by atoms with Crippen molar-refractivity contribution in [2.75, 3.05) is 13.2 Å². The highest BCUT2D eigenvalue weighted by atomic mass is 16.7. The normalized spacial score (nSPS) is 18.4. The predicted molar refractivity (Wildman–Crippen MR) is 409 cm³/mol. The Kier molecular flexibility index (Phi) is 67.8. The molecule has 1 aliphatic heterocycles. The van der Waals surface area contributed by atoms with Crippen LogP contribution in [0.15, 0.2) is 158 Å². The van der Waals surface area contributed by atoms with Crippen LogP contribution in [0, 0.1) is 0 Å². The first kappa shape index (κ1) is 88.8. The second-order valence-corrected chi connectivity index (χ2v) is 26.4. The predicted octanol–water partition coefficient (Wildman–Crippen LogP) is 22.6. The largest absolute Gasteiger partial charge is 0.394 e. The van der Waals surface area contributed by atoms with E-state index in [4.69, 9.17) is 9.47 Å². The second kappa shape index (κ2) is 72.6. The van der Waals surface area contributed by atoms with E-state index in [-0.39, 0.29) is 18.9 Å². The number of rotatable bonds is 67. The van der Waals surface area contributed by atoms with Gasteiger partial charge in [0.1, 0.15) is 24.4 Å². The van der Waals surface area contributed by atoms with E-state index in [1.807, 2.05) is 6.08 Å². The van der Waals surface area contributed by atoms with Crippen molar-refractivity contribution in [3.8, 4) is 0 Å². The molecule has 1 amide bonds. The Labute approximate surface area is 584 Å². The first-order valence-corrected chi connectivity index (χ1v) is 39.2. The van der Waals surface area contributed by atoms with Crippen molar-refractivity contribution in [1.82, 2.24) is 5.32 Å². The lowest BCUT2D eigenvalue weighted by molar-refractivity contribution is -0.302. The first-order valence-electron chi connectivity index (χ1n) is 39.2. The molecule has 0 aliphatic carbocycles. The van der Waals surface area contributed by atoms with Crippen LogP contribution in [0.1, 0.15) is 322 Å². The Bertz CT molecular complexity index is 2070. The third-order valence-electron chi connectivity index (χ3n) is 17.6. The van der Waals surface area contributed by atoms with E-state index in [1.54, 1.807) is 6.08 Å². The summed E-state index contributed by atoms with van der Waals surface area (Å²) >= 11 is 0. The molecule has 0 aromatic rings. The topological polar surface area (TPSA) is 149 Å². The lowest BCUT2D eigenvalue weighted by Crippen LogP contribution is -2.60. The molecule has 95 heavy (non-hydrogen) atoms. The summed E-state index contributed by atoms with van der Waals surface area (Å²) in [5.41, 5.74) is 0. The molecule has 1 aliphatic rings. The summed E-state index contributed by atoms with van der Waals surface area (Å²) in [7, 11) is 0. The minimum Gasteiger partial charge on any atom is -0.394 e. The summed E-state index contributed by atoms with van der Waals surface area (Å²) in [5, 5.41) is 54.8. The molecule has 0 spiro atoms. The van der Waals surface area contributed by atoms with Crippen LogP contribution in [0.4, 0.5) is 0 Å². The standard InChI is InChI=1S/C86H145NO8/c1-3-5-7-9-11-13-15-17-19-21-23-25-27-29-31-33-35-37-38-39-40-41-42-44-46-48-50-52-54-56-58-60-62-64-66-68-70-72-74-76-82(90)87-79(78-94-86-85(93)84(92)83(91)81(77-88)95-86)80(89)75-73-71-69-67-65-63-61-59-57-55-53-51-49-47-45-43-36-34-32-30-28-26-24-22-20-18-16-14-12-10-8-6-4-2/h5,7,11,13,17,19,23,25,29,31,35,37,39-40,42,44,48,50,54,56,60,62,66,68,73,75,79-81,83-86,88-89,91-93H,3-4,6,8-10,12,14-16,18,20-22,24,26-28,30,32-34,36,38,41,43,45-47,49,51-53,55,57-59,61,63-65,67,69-72,74,76-78H2,1-2H3,(H,87,90)/b7-5-,13-11-,19-17-,25-23-,31-29-,37-35-,40-39-,44-42-,50-48-,56-54-,62-60-,68-66-,75-73+. The van der Waals surface area contributed by atoms with E-state index in [2.05, 4.69) is 165 Å². The van der Waals surface area contributed by atoms with Crippen LogP contribution >= 0.6 is 0 Å². The fraction of sp³-hybridized carbons (Fsp3) is 0.686. The van der Waals surface area contributed by atoms with Crippen LogP contribution in [0.5, 0.6) is 0 Å². The van der Waals surface area contributed by atoms with Gasteiger partial charge in [-0.3, -0.25) is 4.79 Å². The van der Waals surface area contributed by atoms with E-state index >= 15 is 0 Å². The number of amides is 1. The smallest absolute Gasteiger partial charge is 0.220 e. The molecule has 6 N–H and O–H groups in total. The molecule has 1 rings (SSSR count). The van der Waals surface area contributed by atoms with Gasteiger partial charge in [-0.15, -0.1) is 0 Å².